The number of alkyl halides is 3. The van der Waals surface area contributed by atoms with Crippen LogP contribution in [0.1, 0.15) is 31.8 Å². The summed E-state index contributed by atoms with van der Waals surface area (Å²) in [5.41, 5.74) is -2.85. The number of imide groups is 1. The van der Waals surface area contributed by atoms with E-state index in [4.69, 9.17) is 0 Å². The smallest absolute Gasteiger partial charge is 0.361 e. The number of carbonyl (C=O) groups is 2. The van der Waals surface area contributed by atoms with Crippen LogP contribution in [-0.2, 0) is 23.0 Å². The number of aromatic amines is 1. The summed E-state index contributed by atoms with van der Waals surface area (Å²) in [5.74, 6) is -0.741. The van der Waals surface area contributed by atoms with Crippen molar-refractivity contribution in [2.24, 2.45) is 0 Å². The fourth-order valence-corrected chi connectivity index (χ4v) is 4.40. The van der Waals surface area contributed by atoms with Gasteiger partial charge < -0.3 is 4.98 Å². The molecule has 0 bridgehead atoms. The van der Waals surface area contributed by atoms with E-state index in [0.717, 1.165) is 17.5 Å². The number of benzene rings is 2. The van der Waals surface area contributed by atoms with Crippen molar-refractivity contribution in [1.29, 1.82) is 0 Å². The van der Waals surface area contributed by atoms with E-state index in [1.165, 1.54) is 6.07 Å². The molecule has 0 saturated carbocycles. The van der Waals surface area contributed by atoms with Gasteiger partial charge in [0.1, 0.15) is 0 Å². The minimum absolute atomic E-state index is 0.131. The summed E-state index contributed by atoms with van der Waals surface area (Å²) in [4.78, 5) is 29.2. The van der Waals surface area contributed by atoms with Crippen LogP contribution in [0.5, 0.6) is 0 Å². The molecule has 1 aliphatic rings. The Morgan fingerprint density at radius 3 is 2.25 bits per heavy atom. The lowest BCUT2D eigenvalue weighted by atomic mass is 10.1. The molecule has 11 heteroatoms. The molecule has 2 heterocycles. The van der Waals surface area contributed by atoms with Gasteiger partial charge in [0.05, 0.1) is 11.1 Å². The Balaban J connectivity index is 1.53. The lowest BCUT2D eigenvalue weighted by Gasteiger charge is -2.19. The number of hydrogen-bond acceptors (Lipinski definition) is 4. The van der Waals surface area contributed by atoms with Gasteiger partial charge in [-0.2, -0.15) is 17.5 Å². The maximum absolute atomic E-state index is 12.8. The number of halogens is 3. The summed E-state index contributed by atoms with van der Waals surface area (Å²) in [6, 6.07) is 11.3. The fraction of sp³-hybridized carbons (Fsp3) is 0.238. The second-order valence-electron chi connectivity index (χ2n) is 7.46. The molecule has 0 spiro atoms. The molecule has 0 aliphatic carbocycles. The monoisotopic (exact) mass is 465 g/mol. The predicted octanol–water partition coefficient (Wildman–Crippen LogP) is 3.29. The number of aromatic nitrogens is 1. The van der Waals surface area contributed by atoms with Crippen LogP contribution < -0.4 is 0 Å². The number of H-pyrrole nitrogens is 1. The molecule has 2 amide bonds. The van der Waals surface area contributed by atoms with Crippen molar-refractivity contribution < 1.29 is 31.2 Å². The van der Waals surface area contributed by atoms with Crippen molar-refractivity contribution in [3.8, 4) is 0 Å². The number of fused-ring (bicyclic) bond motifs is 2. The van der Waals surface area contributed by atoms with Crippen LogP contribution in [0.2, 0.25) is 0 Å². The number of rotatable bonds is 6. The van der Waals surface area contributed by atoms with Crippen LogP contribution >= 0.6 is 0 Å². The number of carbonyl (C=O) groups excluding carboxylic acids is 2. The lowest BCUT2D eigenvalue weighted by molar-refractivity contribution is -0.0484. The Labute approximate surface area is 181 Å². The number of hydrogen-bond donors (Lipinski definition) is 1. The molecule has 0 fully saturated rings. The SMILES string of the molecule is CN(Cc1ccc2[nH]cc(CCN3C(=O)c4ccccc4C3=O)c2c1)S(=O)(=O)C(F)(F)F. The third-order valence-corrected chi connectivity index (χ3v) is 6.96. The van der Waals surface area contributed by atoms with Crippen LogP contribution in [0, 0.1) is 0 Å². The van der Waals surface area contributed by atoms with E-state index in [1.54, 1.807) is 42.6 Å². The zero-order valence-electron chi connectivity index (χ0n) is 16.8. The molecule has 2 aromatic carbocycles. The average Bonchev–Trinajstić information content (AvgIpc) is 3.24. The van der Waals surface area contributed by atoms with Crippen molar-refractivity contribution >= 4 is 32.7 Å². The van der Waals surface area contributed by atoms with Gasteiger partial charge in [-0.1, -0.05) is 18.2 Å². The van der Waals surface area contributed by atoms with E-state index in [0.29, 0.717) is 34.0 Å². The minimum Gasteiger partial charge on any atom is -0.361 e. The Kier molecular flexibility index (Phi) is 5.33. The highest BCUT2D eigenvalue weighted by Crippen LogP contribution is 2.28. The summed E-state index contributed by atoms with van der Waals surface area (Å²) < 4.78 is 61.7. The second-order valence-corrected chi connectivity index (χ2v) is 9.49. The van der Waals surface area contributed by atoms with Gasteiger partial charge in [-0.25, -0.2) is 8.42 Å². The number of nitrogens with zero attached hydrogens (tertiary/aromatic N) is 2. The van der Waals surface area contributed by atoms with Crippen molar-refractivity contribution in [2.75, 3.05) is 13.6 Å². The van der Waals surface area contributed by atoms with E-state index in [2.05, 4.69) is 4.98 Å². The van der Waals surface area contributed by atoms with Crippen molar-refractivity contribution in [3.05, 3.63) is 70.9 Å². The fourth-order valence-electron chi connectivity index (χ4n) is 3.72. The Morgan fingerprint density at radius 1 is 1.03 bits per heavy atom. The van der Waals surface area contributed by atoms with Crippen LogP contribution in [0.15, 0.2) is 48.7 Å². The van der Waals surface area contributed by atoms with Gasteiger partial charge in [0.25, 0.3) is 11.8 Å². The summed E-state index contributed by atoms with van der Waals surface area (Å²) >= 11 is 0. The maximum Gasteiger partial charge on any atom is 0.511 e. The Bertz CT molecular complexity index is 1300. The second kappa shape index (κ2) is 7.75. The molecule has 0 unspecified atom stereocenters. The van der Waals surface area contributed by atoms with E-state index >= 15 is 0 Å². The van der Waals surface area contributed by atoms with E-state index in [1.807, 2.05) is 0 Å². The number of sulfonamides is 1. The summed E-state index contributed by atoms with van der Waals surface area (Å²) in [6.45, 7) is -0.327. The van der Waals surface area contributed by atoms with Gasteiger partial charge in [-0.3, -0.25) is 14.5 Å². The average molecular weight is 465 g/mol. The van der Waals surface area contributed by atoms with Gasteiger partial charge in [-0.05, 0) is 41.8 Å². The summed E-state index contributed by atoms with van der Waals surface area (Å²) in [7, 11) is -4.57. The highest BCUT2D eigenvalue weighted by molar-refractivity contribution is 7.89. The third kappa shape index (κ3) is 3.67. The largest absolute Gasteiger partial charge is 0.511 e. The number of nitrogens with one attached hydrogen (secondary N) is 1. The van der Waals surface area contributed by atoms with E-state index < -0.39 is 22.1 Å². The molecule has 1 N–H and O–H groups in total. The number of amides is 2. The van der Waals surface area contributed by atoms with Crippen molar-refractivity contribution in [3.63, 3.8) is 0 Å². The molecule has 1 aromatic heterocycles. The molecular formula is C21H18F3N3O4S. The maximum atomic E-state index is 12.8. The molecule has 1 aliphatic heterocycles. The zero-order valence-corrected chi connectivity index (χ0v) is 17.6. The standard InChI is InChI=1S/C21H18F3N3O4S/c1-26(32(30,31)21(22,23)24)12-13-6-7-18-17(10-13)14(11-25-18)8-9-27-19(28)15-4-2-3-5-16(15)20(27)29/h2-7,10-11,25H,8-9,12H2,1H3. The first-order chi connectivity index (χ1) is 15.0. The van der Waals surface area contributed by atoms with Crippen molar-refractivity contribution in [1.82, 2.24) is 14.2 Å². The molecule has 0 radical (unpaired) electrons. The van der Waals surface area contributed by atoms with Gasteiger partial charge in [0.15, 0.2) is 0 Å². The summed E-state index contributed by atoms with van der Waals surface area (Å²) in [6.07, 6.45) is 2.02. The third-order valence-electron chi connectivity index (χ3n) is 5.42. The van der Waals surface area contributed by atoms with E-state index in [9.17, 15) is 31.2 Å². The first kappa shape index (κ1) is 22.0. The highest BCUT2D eigenvalue weighted by atomic mass is 32.2. The first-order valence-corrected chi connectivity index (χ1v) is 11.0. The topological polar surface area (TPSA) is 90.6 Å². The van der Waals surface area contributed by atoms with Gasteiger partial charge in [0.2, 0.25) is 0 Å². The van der Waals surface area contributed by atoms with Crippen molar-refractivity contribution in [2.45, 2.75) is 18.5 Å². The Hall–Kier alpha value is -3.18. The van der Waals surface area contributed by atoms with Gasteiger partial charge in [-0.15, -0.1) is 0 Å². The highest BCUT2D eigenvalue weighted by Gasteiger charge is 2.48. The van der Waals surface area contributed by atoms with Gasteiger partial charge >= 0.3 is 15.5 Å². The molecule has 0 saturated heterocycles. The van der Waals surface area contributed by atoms with Crippen LogP contribution in [0.25, 0.3) is 10.9 Å². The van der Waals surface area contributed by atoms with Gasteiger partial charge in [0, 0.05) is 37.2 Å². The van der Waals surface area contributed by atoms with E-state index in [-0.39, 0.29) is 22.7 Å². The van der Waals surface area contributed by atoms with Crippen LogP contribution in [0.4, 0.5) is 13.2 Å². The minimum atomic E-state index is -5.44. The van der Waals surface area contributed by atoms with Crippen LogP contribution in [0.3, 0.4) is 0 Å². The molecule has 0 atom stereocenters. The molecule has 7 nitrogen and oxygen atoms in total. The quantitative estimate of drug-likeness (QED) is 0.566. The molecule has 3 aromatic rings. The molecular weight excluding hydrogens is 447 g/mol. The predicted molar refractivity (Wildman–Crippen MR) is 110 cm³/mol. The normalized spacial score (nSPS) is 14.6. The first-order valence-electron chi connectivity index (χ1n) is 9.57. The zero-order chi connectivity index (χ0) is 23.3. The lowest BCUT2D eigenvalue weighted by Crippen LogP contribution is -2.37. The molecule has 168 valence electrons. The Morgan fingerprint density at radius 2 is 1.66 bits per heavy atom. The summed E-state index contributed by atoms with van der Waals surface area (Å²) in [5, 5.41) is 0.678. The van der Waals surface area contributed by atoms with Crippen LogP contribution in [-0.4, -0.2) is 53.5 Å². The molecule has 4 rings (SSSR count). The molecule has 32 heavy (non-hydrogen) atoms.